The number of benzene rings is 1. The Kier molecular flexibility index (Phi) is 4.77. The van der Waals surface area contributed by atoms with E-state index in [1.165, 1.54) is 0 Å². The normalized spacial score (nSPS) is 13.5. The largest absolute Gasteiger partial charge is 0.228 e. The Bertz CT molecular complexity index is 678. The minimum atomic E-state index is -3.19. The highest BCUT2D eigenvalue weighted by Crippen LogP contribution is 2.22. The van der Waals surface area contributed by atoms with Gasteiger partial charge in [-0.15, -0.1) is 5.10 Å². The number of nitrogens with zero attached hydrogens (tertiary/aromatic N) is 3. The fourth-order valence-corrected chi connectivity index (χ4v) is 3.56. The molecule has 0 spiro atoms. The molecule has 0 bridgehead atoms. The van der Waals surface area contributed by atoms with Gasteiger partial charge in [0.2, 0.25) is 0 Å². The molecule has 1 aromatic heterocycles. The van der Waals surface area contributed by atoms with Gasteiger partial charge < -0.3 is 0 Å². The van der Waals surface area contributed by atoms with Crippen molar-refractivity contribution in [3.8, 4) is 5.69 Å². The maximum Gasteiger partial charge on any atom is 0.158 e. The van der Waals surface area contributed by atoms with Gasteiger partial charge in [-0.3, -0.25) is 0 Å². The van der Waals surface area contributed by atoms with Crippen molar-refractivity contribution in [2.24, 2.45) is 5.92 Å². The first-order valence-corrected chi connectivity index (χ1v) is 8.81. The van der Waals surface area contributed by atoms with Crippen LogP contribution in [0.1, 0.15) is 38.1 Å². The van der Waals surface area contributed by atoms with Crippen molar-refractivity contribution in [2.45, 2.75) is 32.4 Å². The van der Waals surface area contributed by atoms with Crippen LogP contribution in [-0.4, -0.2) is 29.2 Å². The van der Waals surface area contributed by atoms with Crippen LogP contribution in [0.5, 0.6) is 0 Å². The molecule has 0 saturated heterocycles. The van der Waals surface area contributed by atoms with Gasteiger partial charge in [-0.25, -0.2) is 13.1 Å². The first-order valence-electron chi connectivity index (χ1n) is 7.09. The third-order valence-corrected chi connectivity index (χ3v) is 5.59. The van der Waals surface area contributed by atoms with Crippen molar-refractivity contribution < 1.29 is 8.42 Å². The molecule has 0 aliphatic carbocycles. The van der Waals surface area contributed by atoms with E-state index in [1.54, 1.807) is 17.8 Å². The van der Waals surface area contributed by atoms with E-state index in [1.807, 2.05) is 44.2 Å². The summed E-state index contributed by atoms with van der Waals surface area (Å²) >= 11 is 0. The first-order chi connectivity index (χ1) is 9.90. The van der Waals surface area contributed by atoms with E-state index in [9.17, 15) is 8.42 Å². The molecule has 0 aliphatic heterocycles. The van der Waals surface area contributed by atoms with Gasteiger partial charge >= 0.3 is 0 Å². The van der Waals surface area contributed by atoms with Crippen molar-refractivity contribution >= 4 is 9.84 Å². The summed E-state index contributed by atoms with van der Waals surface area (Å²) in [7, 11) is -3.19. The van der Waals surface area contributed by atoms with E-state index in [2.05, 4.69) is 10.3 Å². The lowest BCUT2D eigenvalue weighted by atomic mass is 10.2. The van der Waals surface area contributed by atoms with E-state index in [4.69, 9.17) is 0 Å². The lowest BCUT2D eigenvalue weighted by Crippen LogP contribution is -2.16. The predicted molar refractivity (Wildman–Crippen MR) is 83.0 cm³/mol. The molecule has 21 heavy (non-hydrogen) atoms. The van der Waals surface area contributed by atoms with Gasteiger partial charge in [0.25, 0.3) is 0 Å². The van der Waals surface area contributed by atoms with Crippen molar-refractivity contribution in [3.05, 3.63) is 42.2 Å². The second-order valence-electron chi connectivity index (χ2n) is 5.62. The van der Waals surface area contributed by atoms with Gasteiger partial charge in [-0.1, -0.05) is 37.3 Å². The molecule has 0 amide bonds. The zero-order valence-corrected chi connectivity index (χ0v) is 13.4. The maximum absolute atomic E-state index is 12.3. The third kappa shape index (κ3) is 3.91. The SMILES string of the molecule is CC(C)CCS(=O)(=O)[C@@H](C)c1cn(-c2ccccc2)nn1. The average molecular weight is 307 g/mol. The number of rotatable bonds is 6. The van der Waals surface area contributed by atoms with Gasteiger partial charge in [0.1, 0.15) is 10.9 Å². The highest BCUT2D eigenvalue weighted by atomic mass is 32.2. The molecule has 2 rings (SSSR count). The van der Waals surface area contributed by atoms with Crippen LogP contribution in [0.25, 0.3) is 5.69 Å². The summed E-state index contributed by atoms with van der Waals surface area (Å²) in [6, 6.07) is 9.52. The Balaban J connectivity index is 2.17. The molecule has 0 radical (unpaired) electrons. The number of para-hydroxylation sites is 1. The van der Waals surface area contributed by atoms with E-state index in [0.29, 0.717) is 18.0 Å². The van der Waals surface area contributed by atoms with Crippen molar-refractivity contribution in [1.29, 1.82) is 0 Å². The smallest absolute Gasteiger partial charge is 0.158 e. The van der Waals surface area contributed by atoms with Crippen LogP contribution in [0.4, 0.5) is 0 Å². The minimum absolute atomic E-state index is 0.185. The molecule has 0 aliphatic rings. The van der Waals surface area contributed by atoms with E-state index >= 15 is 0 Å². The quantitative estimate of drug-likeness (QED) is 0.823. The molecule has 0 N–H and O–H groups in total. The minimum Gasteiger partial charge on any atom is -0.228 e. The standard InChI is InChI=1S/C15H21N3O2S/c1-12(2)9-10-21(19,20)13(3)15-11-18(17-16-15)14-7-5-4-6-8-14/h4-8,11-13H,9-10H2,1-3H3/t13-/m0/s1. The molecule has 0 fully saturated rings. The Hall–Kier alpha value is -1.69. The Morgan fingerprint density at radius 2 is 1.81 bits per heavy atom. The fourth-order valence-electron chi connectivity index (χ4n) is 1.93. The average Bonchev–Trinajstić information content (AvgIpc) is 2.95. The molecule has 0 saturated carbocycles. The summed E-state index contributed by atoms with van der Waals surface area (Å²) in [6.45, 7) is 5.72. The van der Waals surface area contributed by atoms with Gasteiger partial charge in [0.05, 0.1) is 17.6 Å². The lowest BCUT2D eigenvalue weighted by molar-refractivity contribution is 0.564. The van der Waals surface area contributed by atoms with Gasteiger partial charge in [0, 0.05) is 0 Å². The van der Waals surface area contributed by atoms with Crippen molar-refractivity contribution in [3.63, 3.8) is 0 Å². The lowest BCUT2D eigenvalue weighted by Gasteiger charge is -2.11. The number of sulfone groups is 1. The molecular formula is C15H21N3O2S. The second kappa shape index (κ2) is 6.39. The van der Waals surface area contributed by atoms with Gasteiger partial charge in [-0.2, -0.15) is 0 Å². The predicted octanol–water partition coefficient (Wildman–Crippen LogP) is 2.79. The molecule has 114 valence electrons. The van der Waals surface area contributed by atoms with Crippen LogP contribution in [0.2, 0.25) is 0 Å². The van der Waals surface area contributed by atoms with Crippen LogP contribution in [0.3, 0.4) is 0 Å². The van der Waals surface area contributed by atoms with Crippen LogP contribution < -0.4 is 0 Å². The number of hydrogen-bond donors (Lipinski definition) is 0. The van der Waals surface area contributed by atoms with Gasteiger partial charge in [0.15, 0.2) is 9.84 Å². The molecule has 0 unspecified atom stereocenters. The number of hydrogen-bond acceptors (Lipinski definition) is 4. The summed E-state index contributed by atoms with van der Waals surface area (Å²) in [5.41, 5.74) is 1.35. The zero-order chi connectivity index (χ0) is 15.5. The summed E-state index contributed by atoms with van der Waals surface area (Å²) in [4.78, 5) is 0. The number of aromatic nitrogens is 3. The third-order valence-electron chi connectivity index (χ3n) is 3.47. The molecular weight excluding hydrogens is 286 g/mol. The molecule has 1 aromatic carbocycles. The van der Waals surface area contributed by atoms with Crippen LogP contribution in [-0.2, 0) is 9.84 Å². The van der Waals surface area contributed by atoms with E-state index < -0.39 is 15.1 Å². The zero-order valence-electron chi connectivity index (χ0n) is 12.6. The highest BCUT2D eigenvalue weighted by Gasteiger charge is 2.25. The molecule has 1 atom stereocenters. The van der Waals surface area contributed by atoms with Crippen molar-refractivity contribution in [1.82, 2.24) is 15.0 Å². The van der Waals surface area contributed by atoms with Crippen LogP contribution in [0, 0.1) is 5.92 Å². The Morgan fingerprint density at radius 3 is 2.43 bits per heavy atom. The molecule has 6 heteroatoms. The molecule has 5 nitrogen and oxygen atoms in total. The van der Waals surface area contributed by atoms with E-state index in [0.717, 1.165) is 5.69 Å². The first kappa shape index (κ1) is 15.7. The van der Waals surface area contributed by atoms with Crippen LogP contribution >= 0.6 is 0 Å². The second-order valence-corrected chi connectivity index (χ2v) is 8.06. The van der Waals surface area contributed by atoms with E-state index in [-0.39, 0.29) is 5.75 Å². The van der Waals surface area contributed by atoms with Gasteiger partial charge in [-0.05, 0) is 31.4 Å². The molecule has 2 aromatic rings. The maximum atomic E-state index is 12.3. The summed E-state index contributed by atoms with van der Waals surface area (Å²) in [5.74, 6) is 0.552. The summed E-state index contributed by atoms with van der Waals surface area (Å²) in [5, 5.41) is 7.41. The fraction of sp³-hybridized carbons (Fsp3) is 0.467. The highest BCUT2D eigenvalue weighted by molar-refractivity contribution is 7.91. The Morgan fingerprint density at radius 1 is 1.14 bits per heavy atom. The Labute approximate surface area is 125 Å². The molecule has 1 heterocycles. The monoisotopic (exact) mass is 307 g/mol. The summed E-state index contributed by atoms with van der Waals surface area (Å²) < 4.78 is 26.2. The van der Waals surface area contributed by atoms with Crippen molar-refractivity contribution in [2.75, 3.05) is 5.75 Å². The van der Waals surface area contributed by atoms with Crippen LogP contribution in [0.15, 0.2) is 36.5 Å². The topological polar surface area (TPSA) is 64.8 Å². The summed E-state index contributed by atoms with van der Waals surface area (Å²) in [6.07, 6.45) is 2.35.